The molecule has 0 aliphatic carbocycles. The lowest BCUT2D eigenvalue weighted by Crippen LogP contribution is -2.19. The van der Waals surface area contributed by atoms with E-state index < -0.39 is 5.82 Å². The standard InChI is InChI=1S/C13H16ClFO/c1-8(2)9(3)13(16)7-10-11(14)5-4-6-12(10)15/h4-6,8-9H,7H2,1-3H3. The summed E-state index contributed by atoms with van der Waals surface area (Å²) in [6, 6.07) is 4.47. The van der Waals surface area contributed by atoms with Gasteiger partial charge in [0.15, 0.2) is 0 Å². The van der Waals surface area contributed by atoms with Crippen molar-refractivity contribution in [1.82, 2.24) is 0 Å². The van der Waals surface area contributed by atoms with Crippen molar-refractivity contribution in [2.75, 3.05) is 0 Å². The second-order valence-electron chi connectivity index (χ2n) is 4.38. The summed E-state index contributed by atoms with van der Waals surface area (Å²) >= 11 is 5.87. The first-order valence-corrected chi connectivity index (χ1v) is 5.77. The van der Waals surface area contributed by atoms with Crippen LogP contribution in [0.3, 0.4) is 0 Å². The molecule has 0 fully saturated rings. The van der Waals surface area contributed by atoms with Gasteiger partial charge in [-0.1, -0.05) is 38.4 Å². The number of carbonyl (C=O) groups is 1. The molecule has 0 bridgehead atoms. The third-order valence-corrected chi connectivity index (χ3v) is 3.27. The molecule has 0 amide bonds. The Kier molecular flexibility index (Phi) is 4.48. The third kappa shape index (κ3) is 3.05. The van der Waals surface area contributed by atoms with Crippen LogP contribution in [0.2, 0.25) is 5.02 Å². The molecule has 1 aromatic carbocycles. The van der Waals surface area contributed by atoms with Crippen LogP contribution in [0.15, 0.2) is 18.2 Å². The molecule has 0 saturated carbocycles. The molecule has 16 heavy (non-hydrogen) atoms. The van der Waals surface area contributed by atoms with Crippen molar-refractivity contribution >= 4 is 17.4 Å². The van der Waals surface area contributed by atoms with E-state index in [0.29, 0.717) is 10.6 Å². The molecule has 0 spiro atoms. The number of rotatable bonds is 4. The van der Waals surface area contributed by atoms with Gasteiger partial charge in [-0.15, -0.1) is 0 Å². The minimum atomic E-state index is -0.406. The van der Waals surface area contributed by atoms with Gasteiger partial charge in [0.25, 0.3) is 0 Å². The first-order valence-electron chi connectivity index (χ1n) is 5.39. The molecule has 0 saturated heterocycles. The topological polar surface area (TPSA) is 17.1 Å². The van der Waals surface area contributed by atoms with Gasteiger partial charge < -0.3 is 0 Å². The SMILES string of the molecule is CC(C)C(C)C(=O)Cc1c(F)cccc1Cl. The van der Waals surface area contributed by atoms with Crippen molar-refractivity contribution in [2.45, 2.75) is 27.2 Å². The van der Waals surface area contributed by atoms with E-state index in [2.05, 4.69) is 0 Å². The highest BCUT2D eigenvalue weighted by Crippen LogP contribution is 2.22. The van der Waals surface area contributed by atoms with Gasteiger partial charge in [0, 0.05) is 22.9 Å². The minimum absolute atomic E-state index is 0.0296. The van der Waals surface area contributed by atoms with Gasteiger partial charge in [0.1, 0.15) is 11.6 Å². The van der Waals surface area contributed by atoms with Crippen LogP contribution in [-0.2, 0) is 11.2 Å². The molecule has 0 heterocycles. The van der Waals surface area contributed by atoms with Crippen LogP contribution in [0, 0.1) is 17.7 Å². The molecule has 1 rings (SSSR count). The average Bonchev–Trinajstić information content (AvgIpc) is 2.22. The van der Waals surface area contributed by atoms with Gasteiger partial charge in [-0.05, 0) is 18.1 Å². The predicted octanol–water partition coefficient (Wildman–Crippen LogP) is 3.88. The molecule has 3 heteroatoms. The zero-order valence-corrected chi connectivity index (χ0v) is 10.5. The Hall–Kier alpha value is -0.890. The Morgan fingerprint density at radius 1 is 1.38 bits per heavy atom. The van der Waals surface area contributed by atoms with Crippen LogP contribution < -0.4 is 0 Å². The summed E-state index contributed by atoms with van der Waals surface area (Å²) in [5.41, 5.74) is 0.307. The van der Waals surface area contributed by atoms with Crippen LogP contribution in [0.5, 0.6) is 0 Å². The number of hydrogen-bond donors (Lipinski definition) is 0. The summed E-state index contributed by atoms with van der Waals surface area (Å²) in [5.74, 6) is -0.187. The van der Waals surface area contributed by atoms with Crippen molar-refractivity contribution in [2.24, 2.45) is 11.8 Å². The fourth-order valence-electron chi connectivity index (χ4n) is 1.41. The molecule has 1 atom stereocenters. The van der Waals surface area contributed by atoms with Gasteiger partial charge in [-0.2, -0.15) is 0 Å². The van der Waals surface area contributed by atoms with Gasteiger partial charge in [-0.25, -0.2) is 4.39 Å². The van der Waals surface area contributed by atoms with E-state index in [4.69, 9.17) is 11.6 Å². The van der Waals surface area contributed by atoms with Crippen molar-refractivity contribution in [3.8, 4) is 0 Å². The fraction of sp³-hybridized carbons (Fsp3) is 0.462. The molecule has 0 aliphatic heterocycles. The number of hydrogen-bond acceptors (Lipinski definition) is 1. The molecule has 0 N–H and O–H groups in total. The highest BCUT2D eigenvalue weighted by Gasteiger charge is 2.19. The predicted molar refractivity (Wildman–Crippen MR) is 64.1 cm³/mol. The lowest BCUT2D eigenvalue weighted by Gasteiger charge is -2.14. The van der Waals surface area contributed by atoms with E-state index in [1.54, 1.807) is 6.07 Å². The van der Waals surface area contributed by atoms with Gasteiger partial charge >= 0.3 is 0 Å². The van der Waals surface area contributed by atoms with Gasteiger partial charge in [0.2, 0.25) is 0 Å². The fourth-order valence-corrected chi connectivity index (χ4v) is 1.64. The van der Waals surface area contributed by atoms with Gasteiger partial charge in [0.05, 0.1) is 0 Å². The second-order valence-corrected chi connectivity index (χ2v) is 4.78. The Morgan fingerprint density at radius 3 is 2.50 bits per heavy atom. The molecule has 88 valence electrons. The quantitative estimate of drug-likeness (QED) is 0.783. The minimum Gasteiger partial charge on any atom is -0.299 e. The monoisotopic (exact) mass is 242 g/mol. The normalized spacial score (nSPS) is 12.9. The molecule has 1 nitrogen and oxygen atoms in total. The van der Waals surface area contributed by atoms with Crippen LogP contribution in [0.4, 0.5) is 4.39 Å². The Balaban J connectivity index is 2.85. The highest BCUT2D eigenvalue weighted by atomic mass is 35.5. The third-order valence-electron chi connectivity index (χ3n) is 2.92. The molecular weight excluding hydrogens is 227 g/mol. The maximum Gasteiger partial charge on any atom is 0.140 e. The van der Waals surface area contributed by atoms with Crippen molar-refractivity contribution in [3.05, 3.63) is 34.6 Å². The average molecular weight is 243 g/mol. The smallest absolute Gasteiger partial charge is 0.140 e. The Morgan fingerprint density at radius 2 is 2.00 bits per heavy atom. The molecule has 1 aromatic rings. The van der Waals surface area contributed by atoms with Crippen molar-refractivity contribution < 1.29 is 9.18 Å². The lowest BCUT2D eigenvalue weighted by molar-refractivity contribution is -0.122. The zero-order chi connectivity index (χ0) is 12.3. The van der Waals surface area contributed by atoms with Crippen LogP contribution >= 0.6 is 11.6 Å². The van der Waals surface area contributed by atoms with E-state index in [1.807, 2.05) is 20.8 Å². The van der Waals surface area contributed by atoms with E-state index >= 15 is 0 Å². The number of ketones is 1. The summed E-state index contributed by atoms with van der Waals surface area (Å²) in [6.07, 6.45) is 0.0743. The number of carbonyl (C=O) groups excluding carboxylic acids is 1. The zero-order valence-electron chi connectivity index (χ0n) is 9.76. The van der Waals surface area contributed by atoms with Crippen LogP contribution in [-0.4, -0.2) is 5.78 Å². The van der Waals surface area contributed by atoms with E-state index in [-0.39, 0.29) is 24.0 Å². The van der Waals surface area contributed by atoms with E-state index in [0.717, 1.165) is 0 Å². The summed E-state index contributed by atoms with van der Waals surface area (Å²) in [5, 5.41) is 0.323. The van der Waals surface area contributed by atoms with Gasteiger partial charge in [-0.3, -0.25) is 4.79 Å². The van der Waals surface area contributed by atoms with E-state index in [1.165, 1.54) is 12.1 Å². The first-order chi connectivity index (χ1) is 7.43. The summed E-state index contributed by atoms with van der Waals surface area (Å²) < 4.78 is 13.4. The molecule has 0 radical (unpaired) electrons. The number of Topliss-reactive ketones (excluding diaryl/α,β-unsaturated/α-hetero) is 1. The Labute approximate surface area is 101 Å². The second kappa shape index (κ2) is 5.44. The Bertz CT molecular complexity index is 367. The van der Waals surface area contributed by atoms with E-state index in [9.17, 15) is 9.18 Å². The maximum atomic E-state index is 13.4. The van der Waals surface area contributed by atoms with Crippen molar-refractivity contribution in [1.29, 1.82) is 0 Å². The summed E-state index contributed by atoms with van der Waals surface area (Å²) in [6.45, 7) is 5.82. The van der Waals surface area contributed by atoms with Crippen LogP contribution in [0.25, 0.3) is 0 Å². The molecule has 1 unspecified atom stereocenters. The van der Waals surface area contributed by atoms with Crippen molar-refractivity contribution in [3.63, 3.8) is 0 Å². The number of halogens is 2. The molecule has 0 aromatic heterocycles. The first kappa shape index (κ1) is 13.2. The largest absolute Gasteiger partial charge is 0.299 e. The highest BCUT2D eigenvalue weighted by molar-refractivity contribution is 6.31. The number of benzene rings is 1. The maximum absolute atomic E-state index is 13.4. The van der Waals surface area contributed by atoms with Crippen LogP contribution in [0.1, 0.15) is 26.3 Å². The lowest BCUT2D eigenvalue weighted by atomic mass is 9.90. The summed E-state index contributed by atoms with van der Waals surface area (Å²) in [7, 11) is 0. The molecule has 0 aliphatic rings. The summed E-state index contributed by atoms with van der Waals surface area (Å²) in [4.78, 5) is 11.8. The molecular formula is C13H16ClFO.